The number of anilines is 3. The number of nitrogen functional groups attached to an aromatic ring is 3. The molecule has 0 radical (unpaired) electrons. The molecule has 0 saturated heterocycles. The molecule has 0 saturated carbocycles. The van der Waals surface area contributed by atoms with E-state index in [1.54, 1.807) is 51.8 Å². The monoisotopic (exact) mass is 1020 g/mol. The molecular weight excluding hydrogens is 977 g/mol. The first-order chi connectivity index (χ1) is 34.4. The number of rotatable bonds is 10. The number of halogens is 10. The van der Waals surface area contributed by atoms with Gasteiger partial charge in [0.1, 0.15) is 40.5 Å². The minimum absolute atomic E-state index is 0.130. The molecular formula is C51H41F10N9O3. The molecule has 9 aromatic rings. The number of aromatic nitrogens is 6. The van der Waals surface area contributed by atoms with Gasteiger partial charge < -0.3 is 31.4 Å². The fourth-order valence-electron chi connectivity index (χ4n) is 7.07. The van der Waals surface area contributed by atoms with Gasteiger partial charge in [0.05, 0.1) is 34.1 Å². The highest BCUT2D eigenvalue weighted by Gasteiger charge is 2.32. The molecule has 0 atom stereocenters. The maximum absolute atomic E-state index is 13.4. The Hall–Kier alpha value is -8.95. The summed E-state index contributed by atoms with van der Waals surface area (Å²) in [6.07, 6.45) is -13.9. The van der Waals surface area contributed by atoms with E-state index in [1.807, 2.05) is 62.4 Å². The topological polar surface area (TPSA) is 159 Å². The maximum Gasteiger partial charge on any atom is 0.573 e. The van der Waals surface area contributed by atoms with Gasteiger partial charge in [0.2, 0.25) is 0 Å². The number of benzene rings is 6. The van der Waals surface area contributed by atoms with Gasteiger partial charge in [-0.3, -0.25) is 0 Å². The number of ether oxygens (including phenoxy) is 3. The highest BCUT2D eigenvalue weighted by Crippen LogP contribution is 2.33. The van der Waals surface area contributed by atoms with Crippen molar-refractivity contribution in [1.82, 2.24) is 29.3 Å². The number of alkyl halides is 9. The normalized spacial score (nSPS) is 11.5. The Morgan fingerprint density at radius 3 is 1.25 bits per heavy atom. The van der Waals surface area contributed by atoms with Crippen molar-refractivity contribution >= 4 is 17.5 Å². The Kier molecular flexibility index (Phi) is 15.3. The summed E-state index contributed by atoms with van der Waals surface area (Å²) in [7, 11) is 0. The average Bonchev–Trinajstić information content (AvgIpc) is 4.04. The van der Waals surface area contributed by atoms with Crippen LogP contribution in [0.5, 0.6) is 17.2 Å². The quantitative estimate of drug-likeness (QED) is 0.113. The molecule has 6 N–H and O–H groups in total. The van der Waals surface area contributed by atoms with Gasteiger partial charge in [0.25, 0.3) is 0 Å². The van der Waals surface area contributed by atoms with Crippen LogP contribution >= 0.6 is 0 Å². The van der Waals surface area contributed by atoms with Gasteiger partial charge in [-0.1, -0.05) is 72.3 Å². The average molecular weight is 1020 g/mol. The molecule has 9 rings (SSSR count). The Bertz CT molecular complexity index is 3160. The van der Waals surface area contributed by atoms with Gasteiger partial charge in [-0.05, 0) is 98.3 Å². The fourth-order valence-corrected chi connectivity index (χ4v) is 7.07. The van der Waals surface area contributed by atoms with Crippen LogP contribution in [-0.2, 0) is 0 Å². The molecule has 0 fully saturated rings. The smallest absolute Gasteiger partial charge is 0.484 e. The zero-order valence-electron chi connectivity index (χ0n) is 38.2. The Balaban J connectivity index is 0.000000160. The predicted molar refractivity (Wildman–Crippen MR) is 255 cm³/mol. The first-order valence-electron chi connectivity index (χ1n) is 21.4. The summed E-state index contributed by atoms with van der Waals surface area (Å²) in [5.74, 6) is -0.268. The molecule has 378 valence electrons. The third-order valence-electron chi connectivity index (χ3n) is 10.0. The van der Waals surface area contributed by atoms with E-state index in [1.165, 1.54) is 77.5 Å². The molecule has 0 spiro atoms. The highest BCUT2D eigenvalue weighted by molar-refractivity contribution is 5.69. The number of nitrogens with two attached hydrogens (primary N) is 3. The summed E-state index contributed by atoms with van der Waals surface area (Å²) in [6.45, 7) is 2.58. The second kappa shape index (κ2) is 21.6. The summed E-state index contributed by atoms with van der Waals surface area (Å²) in [6, 6.07) is 43.1. The summed E-state index contributed by atoms with van der Waals surface area (Å²) < 4.78 is 142. The molecule has 0 bridgehead atoms. The van der Waals surface area contributed by atoms with Crippen LogP contribution in [0.1, 0.15) is 11.1 Å². The standard InChI is InChI=1S/C18H16F3N3O.C17H14F3N3O.C16H11F4N3O/c1-12-5-7-14(8-6-12)24-16(10-17(22)23-24)13-3-2-4-15(9-13)25-11-18(19,20)21;1-11-4-2-6-13(8-11)23-15(10-16(21)22-23)12-5-3-7-14(9-12)24-17(18,19)20;17-11-4-2-5-12(8-11)23-14(9-15(21)22-23)10-3-1-6-13(7-10)24-16(18,19)20/h2-10H,11H2,1H3,(H2,22,23);2-10H,1H3,(H2,21,22);1-9H,(H2,21,22). The minimum atomic E-state index is -4.79. The van der Waals surface area contributed by atoms with E-state index in [0.717, 1.165) is 22.5 Å². The SMILES string of the molecule is Cc1ccc(-n2nc(N)cc2-c2cccc(OCC(F)(F)F)c2)cc1.Cc1cccc(-n2nc(N)cc2-c2cccc(OC(F)(F)F)c2)c1.Nc1cc(-c2cccc(OC(F)(F)F)c2)n(-c2cccc(F)c2)n1. The first-order valence-corrected chi connectivity index (χ1v) is 21.4. The van der Waals surface area contributed by atoms with Gasteiger partial charge in [-0.2, -0.15) is 28.5 Å². The van der Waals surface area contributed by atoms with Gasteiger partial charge >= 0.3 is 18.9 Å². The van der Waals surface area contributed by atoms with Crippen LogP contribution in [0.3, 0.4) is 0 Å². The lowest BCUT2D eigenvalue weighted by molar-refractivity contribution is -0.275. The highest BCUT2D eigenvalue weighted by atomic mass is 19.4. The van der Waals surface area contributed by atoms with Crippen LogP contribution in [0.15, 0.2) is 164 Å². The molecule has 0 amide bonds. The van der Waals surface area contributed by atoms with Crippen molar-refractivity contribution in [2.75, 3.05) is 23.8 Å². The van der Waals surface area contributed by atoms with Crippen LogP contribution in [0.4, 0.5) is 61.4 Å². The summed E-state index contributed by atoms with van der Waals surface area (Å²) in [5.41, 5.74) is 24.6. The zero-order chi connectivity index (χ0) is 52.7. The molecule has 0 aliphatic carbocycles. The van der Waals surface area contributed by atoms with Crippen LogP contribution in [0.25, 0.3) is 50.8 Å². The molecule has 0 aliphatic rings. The van der Waals surface area contributed by atoms with Gasteiger partial charge in [-0.15, -0.1) is 26.3 Å². The molecule has 22 heteroatoms. The third kappa shape index (κ3) is 14.6. The Labute approximate surface area is 409 Å². The van der Waals surface area contributed by atoms with Crippen molar-refractivity contribution in [2.45, 2.75) is 32.7 Å². The van der Waals surface area contributed by atoms with Gasteiger partial charge in [0.15, 0.2) is 6.61 Å². The molecule has 3 heterocycles. The zero-order valence-corrected chi connectivity index (χ0v) is 38.2. The van der Waals surface area contributed by atoms with E-state index in [-0.39, 0.29) is 28.9 Å². The van der Waals surface area contributed by atoms with Crippen molar-refractivity contribution in [2.24, 2.45) is 0 Å². The second-order valence-electron chi connectivity index (χ2n) is 15.8. The number of hydrogen-bond acceptors (Lipinski definition) is 9. The van der Waals surface area contributed by atoms with E-state index in [2.05, 4.69) is 24.8 Å². The van der Waals surface area contributed by atoms with Crippen molar-refractivity contribution in [3.05, 3.63) is 181 Å². The van der Waals surface area contributed by atoms with E-state index in [4.69, 9.17) is 21.9 Å². The first kappa shape index (κ1) is 51.9. The molecule has 0 aliphatic heterocycles. The van der Waals surface area contributed by atoms with Crippen LogP contribution in [0.2, 0.25) is 0 Å². The van der Waals surface area contributed by atoms with Gasteiger partial charge in [0, 0.05) is 34.9 Å². The van der Waals surface area contributed by atoms with E-state index in [9.17, 15) is 43.9 Å². The van der Waals surface area contributed by atoms with Crippen molar-refractivity contribution in [1.29, 1.82) is 0 Å². The molecule has 0 unspecified atom stereocenters. The number of aryl methyl sites for hydroxylation is 2. The van der Waals surface area contributed by atoms with E-state index in [0.29, 0.717) is 45.3 Å². The lowest BCUT2D eigenvalue weighted by atomic mass is 10.1. The van der Waals surface area contributed by atoms with Crippen molar-refractivity contribution in [3.63, 3.8) is 0 Å². The third-order valence-corrected chi connectivity index (χ3v) is 10.0. The summed E-state index contributed by atoms with van der Waals surface area (Å²) in [5, 5.41) is 12.6. The van der Waals surface area contributed by atoms with Gasteiger partial charge in [-0.25, -0.2) is 18.4 Å². The van der Waals surface area contributed by atoms with Crippen LogP contribution in [0, 0.1) is 19.7 Å². The summed E-state index contributed by atoms with van der Waals surface area (Å²) in [4.78, 5) is 0. The van der Waals surface area contributed by atoms with Crippen LogP contribution in [-0.4, -0.2) is 54.8 Å². The molecule has 73 heavy (non-hydrogen) atoms. The summed E-state index contributed by atoms with van der Waals surface area (Å²) >= 11 is 0. The predicted octanol–water partition coefficient (Wildman–Crippen LogP) is 12.9. The molecule has 6 aromatic carbocycles. The lowest BCUT2D eigenvalue weighted by Crippen LogP contribution is -2.19. The molecule has 3 aromatic heterocycles. The lowest BCUT2D eigenvalue weighted by Gasteiger charge is -2.11. The fraction of sp³-hybridized carbons (Fsp3) is 0.118. The van der Waals surface area contributed by atoms with E-state index >= 15 is 0 Å². The number of hydrogen-bond donors (Lipinski definition) is 3. The van der Waals surface area contributed by atoms with E-state index < -0.39 is 31.3 Å². The second-order valence-corrected chi connectivity index (χ2v) is 15.8. The molecule has 12 nitrogen and oxygen atoms in total. The Morgan fingerprint density at radius 1 is 0.425 bits per heavy atom. The largest absolute Gasteiger partial charge is 0.573 e. The van der Waals surface area contributed by atoms with Crippen molar-refractivity contribution < 1.29 is 58.1 Å². The minimum Gasteiger partial charge on any atom is -0.484 e. The van der Waals surface area contributed by atoms with Crippen LogP contribution < -0.4 is 31.4 Å². The Morgan fingerprint density at radius 2 is 0.822 bits per heavy atom. The maximum atomic E-state index is 13.4. The van der Waals surface area contributed by atoms with Crippen molar-refractivity contribution in [3.8, 4) is 68.1 Å². The number of nitrogens with zero attached hydrogens (tertiary/aromatic N) is 6.